The summed E-state index contributed by atoms with van der Waals surface area (Å²) >= 11 is 0. The maximum Gasteiger partial charge on any atom is 0.472 e. The van der Waals surface area contributed by atoms with E-state index in [4.69, 9.17) is 34.0 Å². The standard InChI is InChI=1S/C41H76NO11P/c1-3-5-7-8-9-10-11-12-13-14-15-16-19-23-30-47-33-36(34-49-54(45,46)48-31-29-42)50-41(43)26-22-18-17-21-25-37-38(40-32-39(37)52-53-40)28-27-35(51-44)24-20-6-4-2/h17,21,27-28,35-40,44H,3-16,18-20,22-26,29-34,42H2,1-2H3,(H,45,46)/b21-17-,28-27+. The second kappa shape index (κ2) is 31.9. The summed E-state index contributed by atoms with van der Waals surface area (Å²) < 4.78 is 33.5. The molecule has 2 bridgehead atoms. The van der Waals surface area contributed by atoms with Crippen molar-refractivity contribution in [2.24, 2.45) is 17.6 Å². The van der Waals surface area contributed by atoms with Gasteiger partial charge in [0.1, 0.15) is 18.3 Å². The van der Waals surface area contributed by atoms with Crippen molar-refractivity contribution in [1.82, 2.24) is 0 Å². The van der Waals surface area contributed by atoms with Crippen LogP contribution in [0.15, 0.2) is 24.3 Å². The fourth-order valence-corrected chi connectivity index (χ4v) is 7.91. The maximum absolute atomic E-state index is 12.7. The molecule has 0 radical (unpaired) electrons. The van der Waals surface area contributed by atoms with E-state index in [9.17, 15) is 19.5 Å². The Hall–Kier alpha value is -1.18. The molecule has 0 aromatic carbocycles. The van der Waals surface area contributed by atoms with Crippen LogP contribution in [0.3, 0.4) is 0 Å². The molecule has 54 heavy (non-hydrogen) atoms. The first-order chi connectivity index (χ1) is 26.3. The maximum atomic E-state index is 12.7. The molecule has 4 N–H and O–H groups in total. The van der Waals surface area contributed by atoms with Gasteiger partial charge in [0.15, 0.2) is 0 Å². The number of allylic oxidation sites excluding steroid dienone is 2. The molecule has 1 aliphatic heterocycles. The average Bonchev–Trinajstić information content (AvgIpc) is 3.78. The van der Waals surface area contributed by atoms with Gasteiger partial charge in [0.2, 0.25) is 0 Å². The van der Waals surface area contributed by atoms with E-state index in [0.29, 0.717) is 19.4 Å². The van der Waals surface area contributed by atoms with E-state index in [1.807, 2.05) is 6.08 Å². The second-order valence-corrected chi connectivity index (χ2v) is 16.5. The lowest BCUT2D eigenvalue weighted by atomic mass is 9.89. The Morgan fingerprint density at radius 3 is 2.09 bits per heavy atom. The normalized spacial score (nSPS) is 22.0. The number of nitrogens with two attached hydrogens (primary N) is 1. The van der Waals surface area contributed by atoms with E-state index in [-0.39, 0.29) is 62.9 Å². The number of phosphoric ester groups is 1. The van der Waals surface area contributed by atoms with Crippen LogP contribution in [-0.2, 0) is 42.5 Å². The summed E-state index contributed by atoms with van der Waals surface area (Å²) in [5.74, 6) is 0.0203. The van der Waals surface area contributed by atoms with E-state index < -0.39 is 19.9 Å². The minimum atomic E-state index is -4.33. The molecule has 1 saturated carbocycles. The molecule has 7 atom stereocenters. The largest absolute Gasteiger partial charge is 0.472 e. The molecule has 7 unspecified atom stereocenters. The van der Waals surface area contributed by atoms with E-state index in [1.54, 1.807) is 0 Å². The third kappa shape index (κ3) is 23.1. The van der Waals surface area contributed by atoms with E-state index in [2.05, 4.69) is 37.0 Å². The van der Waals surface area contributed by atoms with Crippen molar-refractivity contribution < 1.29 is 52.7 Å². The Labute approximate surface area is 326 Å². The minimum Gasteiger partial charge on any atom is -0.457 e. The van der Waals surface area contributed by atoms with Crippen LogP contribution in [0.1, 0.15) is 162 Å². The number of carbonyl (C=O) groups excluding carboxylic acids is 1. The molecule has 13 heteroatoms. The quantitative estimate of drug-likeness (QED) is 0.0136. The predicted octanol–water partition coefficient (Wildman–Crippen LogP) is 9.93. The molecule has 0 spiro atoms. The smallest absolute Gasteiger partial charge is 0.457 e. The van der Waals surface area contributed by atoms with Gasteiger partial charge in [-0.25, -0.2) is 19.2 Å². The van der Waals surface area contributed by atoms with Crippen LogP contribution >= 0.6 is 7.82 Å². The predicted molar refractivity (Wildman–Crippen MR) is 212 cm³/mol. The van der Waals surface area contributed by atoms with Gasteiger partial charge in [-0.1, -0.05) is 141 Å². The lowest BCUT2D eigenvalue weighted by molar-refractivity contribution is -0.336. The number of unbranched alkanes of at least 4 members (excludes halogenated alkanes) is 16. The van der Waals surface area contributed by atoms with Gasteiger partial charge in [0, 0.05) is 37.8 Å². The summed E-state index contributed by atoms with van der Waals surface area (Å²) in [4.78, 5) is 38.4. The molecular weight excluding hydrogens is 713 g/mol. The molecule has 2 aliphatic rings. The average molecular weight is 790 g/mol. The van der Waals surface area contributed by atoms with Gasteiger partial charge < -0.3 is 20.1 Å². The number of ether oxygens (including phenoxy) is 2. The first-order valence-corrected chi connectivity index (χ1v) is 22.9. The number of carbonyl (C=O) groups is 1. The van der Waals surface area contributed by atoms with Gasteiger partial charge in [-0.05, 0) is 32.1 Å². The van der Waals surface area contributed by atoms with Crippen LogP contribution < -0.4 is 5.73 Å². The van der Waals surface area contributed by atoms with E-state index >= 15 is 0 Å². The van der Waals surface area contributed by atoms with Gasteiger partial charge in [0.05, 0.1) is 25.9 Å². The van der Waals surface area contributed by atoms with Gasteiger partial charge in [0.25, 0.3) is 0 Å². The Morgan fingerprint density at radius 2 is 1.44 bits per heavy atom. The highest BCUT2D eigenvalue weighted by Gasteiger charge is 2.49. The number of phosphoric acid groups is 1. The molecule has 2 fully saturated rings. The first kappa shape index (κ1) is 49.0. The summed E-state index contributed by atoms with van der Waals surface area (Å²) in [6, 6.07) is 0. The van der Waals surface area contributed by atoms with Crippen LogP contribution in [-0.4, -0.2) is 73.5 Å². The van der Waals surface area contributed by atoms with E-state index in [0.717, 1.165) is 51.4 Å². The van der Waals surface area contributed by atoms with Gasteiger partial charge in [-0.15, -0.1) is 0 Å². The molecular formula is C41H76NO11P. The Bertz CT molecular complexity index is 1030. The van der Waals surface area contributed by atoms with Gasteiger partial charge >= 0.3 is 13.8 Å². The number of esters is 1. The van der Waals surface area contributed by atoms with Crippen LogP contribution in [0, 0.1) is 11.8 Å². The minimum absolute atomic E-state index is 0.00138. The molecule has 1 heterocycles. The zero-order valence-electron chi connectivity index (χ0n) is 33.7. The molecule has 1 saturated heterocycles. The summed E-state index contributed by atoms with van der Waals surface area (Å²) in [6.07, 6.45) is 32.1. The SMILES string of the molecule is CCCCCCCCCCCCCCCCOCC(COP(=O)(O)OCCN)OC(=O)CCC/C=C\CC1C2CC(OO2)C1/C=C/C(CCCCC)OO. The van der Waals surface area contributed by atoms with Crippen molar-refractivity contribution in [1.29, 1.82) is 0 Å². The van der Waals surface area contributed by atoms with Crippen LogP contribution in [0.4, 0.5) is 0 Å². The monoisotopic (exact) mass is 790 g/mol. The fourth-order valence-electron chi connectivity index (χ4n) is 7.14. The number of rotatable bonds is 37. The first-order valence-electron chi connectivity index (χ1n) is 21.4. The topological polar surface area (TPSA) is 165 Å². The lowest BCUT2D eigenvalue weighted by Crippen LogP contribution is -2.29. The van der Waals surface area contributed by atoms with Crippen molar-refractivity contribution >= 4 is 13.8 Å². The van der Waals surface area contributed by atoms with Gasteiger partial charge in [-0.3, -0.25) is 19.1 Å². The molecule has 12 nitrogen and oxygen atoms in total. The lowest BCUT2D eigenvalue weighted by Gasteiger charge is -2.27. The Morgan fingerprint density at radius 1 is 0.815 bits per heavy atom. The second-order valence-electron chi connectivity index (χ2n) is 15.0. The fraction of sp³-hybridized carbons (Fsp3) is 0.878. The Balaban J connectivity index is 1.66. The summed E-state index contributed by atoms with van der Waals surface area (Å²) in [6.45, 7) is 4.61. The highest BCUT2D eigenvalue weighted by Crippen LogP contribution is 2.45. The zero-order chi connectivity index (χ0) is 39.1. The molecule has 0 aromatic rings. The van der Waals surface area contributed by atoms with Crippen LogP contribution in [0.2, 0.25) is 0 Å². The summed E-state index contributed by atoms with van der Waals surface area (Å²) in [5.41, 5.74) is 5.37. The van der Waals surface area contributed by atoms with E-state index in [1.165, 1.54) is 77.0 Å². The van der Waals surface area contributed by atoms with Crippen molar-refractivity contribution in [3.63, 3.8) is 0 Å². The number of fused-ring (bicyclic) bond motifs is 2. The van der Waals surface area contributed by atoms with Crippen molar-refractivity contribution in [3.8, 4) is 0 Å². The highest BCUT2D eigenvalue weighted by molar-refractivity contribution is 7.47. The summed E-state index contributed by atoms with van der Waals surface area (Å²) in [7, 11) is -4.33. The molecule has 316 valence electrons. The Kier molecular flexibility index (Phi) is 28.9. The van der Waals surface area contributed by atoms with Crippen LogP contribution in [0.5, 0.6) is 0 Å². The molecule has 1 aliphatic carbocycles. The molecule has 0 aromatic heterocycles. The van der Waals surface area contributed by atoms with Crippen LogP contribution in [0.25, 0.3) is 0 Å². The van der Waals surface area contributed by atoms with Crippen molar-refractivity contribution in [3.05, 3.63) is 24.3 Å². The summed E-state index contributed by atoms with van der Waals surface area (Å²) in [5, 5.41) is 9.33. The molecule has 0 amide bonds. The zero-order valence-corrected chi connectivity index (χ0v) is 34.6. The third-order valence-electron chi connectivity index (χ3n) is 10.3. The highest BCUT2D eigenvalue weighted by atomic mass is 31.2. The van der Waals surface area contributed by atoms with Crippen molar-refractivity contribution in [2.75, 3.05) is 33.0 Å². The third-order valence-corrected chi connectivity index (χ3v) is 11.3. The number of hydrogen-bond acceptors (Lipinski definition) is 11. The number of hydrogen-bond donors (Lipinski definition) is 3. The van der Waals surface area contributed by atoms with Crippen molar-refractivity contribution in [2.45, 2.75) is 186 Å². The molecule has 2 rings (SSSR count). The van der Waals surface area contributed by atoms with Gasteiger partial charge in [-0.2, -0.15) is 0 Å².